The zero-order chi connectivity index (χ0) is 24.3. The summed E-state index contributed by atoms with van der Waals surface area (Å²) in [5, 5.41) is 16.1. The Morgan fingerprint density at radius 2 is 2.03 bits per heavy atom. The van der Waals surface area contributed by atoms with Crippen LogP contribution in [-0.2, 0) is 19.0 Å². The fraction of sp³-hybridized carbons (Fsp3) is 0.409. The lowest BCUT2D eigenvalue weighted by atomic mass is 10.1. The molecule has 2 aliphatic rings. The summed E-state index contributed by atoms with van der Waals surface area (Å²) in [4.78, 5) is 17.9. The number of methoxy groups -OCH3 is 2. The maximum Gasteiger partial charge on any atom is 0.409 e. The zero-order valence-electron chi connectivity index (χ0n) is 19.6. The lowest BCUT2D eigenvalue weighted by Gasteiger charge is -2.24. The first kappa shape index (κ1) is 25.0. The van der Waals surface area contributed by atoms with Crippen LogP contribution in [-0.4, -0.2) is 69.1 Å². The first-order valence-corrected chi connectivity index (χ1v) is 10.7. The number of carbonyl (C=O) groups is 1. The second kappa shape index (κ2) is 12.6. The summed E-state index contributed by atoms with van der Waals surface area (Å²) in [5.41, 5.74) is 7.70. The van der Waals surface area contributed by atoms with Crippen LogP contribution in [0.3, 0.4) is 0 Å². The predicted octanol–water partition coefficient (Wildman–Crippen LogP) is 1.17. The van der Waals surface area contributed by atoms with Crippen molar-refractivity contribution in [2.75, 3.05) is 27.9 Å². The number of likely N-dealkylation sites (N-methyl/N-ethyl adjacent to an activating group) is 1. The van der Waals surface area contributed by atoms with Gasteiger partial charge in [0.1, 0.15) is 12.3 Å². The Hall–Kier alpha value is -3.61. The van der Waals surface area contributed by atoms with E-state index in [1.165, 1.54) is 14.2 Å². The van der Waals surface area contributed by atoms with Crippen molar-refractivity contribution < 1.29 is 23.8 Å². The van der Waals surface area contributed by atoms with E-state index in [4.69, 9.17) is 19.0 Å². The van der Waals surface area contributed by atoms with E-state index in [9.17, 15) is 4.79 Å². The predicted molar refractivity (Wildman–Crippen MR) is 126 cm³/mol. The minimum absolute atomic E-state index is 0.158. The summed E-state index contributed by atoms with van der Waals surface area (Å²) >= 11 is 0. The van der Waals surface area contributed by atoms with Crippen LogP contribution in [0.15, 0.2) is 64.5 Å². The van der Waals surface area contributed by atoms with Gasteiger partial charge < -0.3 is 24.4 Å². The van der Waals surface area contributed by atoms with Gasteiger partial charge in [0.2, 0.25) is 0 Å². The molecular weight excluding hydrogens is 442 g/mol. The van der Waals surface area contributed by atoms with Crippen LogP contribution in [0.4, 0.5) is 4.79 Å². The highest BCUT2D eigenvalue weighted by Crippen LogP contribution is 2.09. The molecule has 0 aromatic heterocycles. The Bertz CT molecular complexity index is 931. The van der Waals surface area contributed by atoms with Crippen LogP contribution < -0.4 is 21.7 Å². The number of amidine groups is 1. The monoisotopic (exact) mass is 473 g/mol. The van der Waals surface area contributed by atoms with Crippen molar-refractivity contribution in [3.63, 3.8) is 0 Å². The van der Waals surface area contributed by atoms with Crippen molar-refractivity contribution in [2.24, 2.45) is 10.3 Å². The molecule has 4 N–H and O–H groups in total. The topological polar surface area (TPSA) is 130 Å². The average molecular weight is 474 g/mol. The van der Waals surface area contributed by atoms with Crippen molar-refractivity contribution in [3.05, 3.63) is 59.8 Å². The van der Waals surface area contributed by atoms with Crippen molar-refractivity contribution in [1.29, 1.82) is 0 Å². The molecule has 2 aliphatic heterocycles. The number of allylic oxidation sites excluding steroid dienone is 2. The highest BCUT2D eigenvalue weighted by atomic mass is 16.7. The highest BCUT2D eigenvalue weighted by molar-refractivity contribution is 6.47. The Labute approximate surface area is 198 Å². The summed E-state index contributed by atoms with van der Waals surface area (Å²) < 4.78 is 15.6. The number of carbonyl (C=O) groups excluding carboxylic acids is 1. The summed E-state index contributed by atoms with van der Waals surface area (Å²) in [6, 6.07) is 9.60. The number of rotatable bonds is 11. The van der Waals surface area contributed by atoms with E-state index in [-0.39, 0.29) is 12.7 Å². The standard InChI is InChI=1S/C22H31N7O5/c1-15(13-19(31-3)32-4)34-22(30)24-18-12-8-11-17(23-18)14-33-26-20(16-9-6-5-7-10-16)21-25-27-28-29(21)2/h5-12,15,18-19,23,27-28H,13-14H2,1-4H3,(H,24,30)/b26-20-. The molecule has 0 saturated carbocycles. The highest BCUT2D eigenvalue weighted by Gasteiger charge is 2.22. The van der Waals surface area contributed by atoms with Gasteiger partial charge >= 0.3 is 6.09 Å². The third kappa shape index (κ3) is 7.20. The van der Waals surface area contributed by atoms with Crippen molar-refractivity contribution in [3.8, 4) is 0 Å². The molecule has 0 fully saturated rings. The fourth-order valence-corrected chi connectivity index (χ4v) is 3.18. The minimum Gasteiger partial charge on any atom is -0.446 e. The molecule has 0 bridgehead atoms. The summed E-state index contributed by atoms with van der Waals surface area (Å²) in [5.74, 6) is 0.581. The zero-order valence-corrected chi connectivity index (χ0v) is 19.6. The second-order valence-electron chi connectivity index (χ2n) is 7.49. The number of nitrogens with one attached hydrogen (secondary N) is 4. The molecule has 2 heterocycles. The number of hydrogen-bond acceptors (Lipinski definition) is 11. The number of nitrogens with zero attached hydrogens (tertiary/aromatic N) is 3. The number of benzene rings is 1. The van der Waals surface area contributed by atoms with E-state index in [1.54, 1.807) is 18.0 Å². The van der Waals surface area contributed by atoms with E-state index < -0.39 is 18.5 Å². The molecule has 184 valence electrons. The number of oxime groups is 1. The molecule has 1 amide bonds. The number of ether oxygens (including phenoxy) is 3. The Morgan fingerprint density at radius 3 is 2.71 bits per heavy atom. The van der Waals surface area contributed by atoms with Gasteiger partial charge in [-0.25, -0.2) is 10.3 Å². The summed E-state index contributed by atoms with van der Waals surface area (Å²) in [6.07, 6.45) is 4.02. The van der Waals surface area contributed by atoms with Gasteiger partial charge in [-0.1, -0.05) is 41.6 Å². The first-order valence-electron chi connectivity index (χ1n) is 10.7. The van der Waals surface area contributed by atoms with Crippen molar-refractivity contribution >= 4 is 17.6 Å². The van der Waals surface area contributed by atoms with Gasteiger partial charge in [0, 0.05) is 33.3 Å². The average Bonchev–Trinajstić information content (AvgIpc) is 3.26. The van der Waals surface area contributed by atoms with Crippen molar-refractivity contribution in [1.82, 2.24) is 26.7 Å². The van der Waals surface area contributed by atoms with Gasteiger partial charge in [-0.15, -0.1) is 10.6 Å². The molecule has 1 aromatic rings. The molecule has 34 heavy (non-hydrogen) atoms. The van der Waals surface area contributed by atoms with Gasteiger partial charge in [0.15, 0.2) is 24.4 Å². The molecule has 0 saturated heterocycles. The smallest absolute Gasteiger partial charge is 0.409 e. The van der Waals surface area contributed by atoms with Crippen LogP contribution in [0.25, 0.3) is 0 Å². The maximum absolute atomic E-state index is 12.2. The fourth-order valence-electron chi connectivity index (χ4n) is 3.18. The van der Waals surface area contributed by atoms with Gasteiger partial charge in [0.05, 0.1) is 5.70 Å². The maximum atomic E-state index is 12.2. The second-order valence-corrected chi connectivity index (χ2v) is 7.49. The van der Waals surface area contributed by atoms with Crippen molar-refractivity contribution in [2.45, 2.75) is 31.9 Å². The van der Waals surface area contributed by atoms with Crippen LogP contribution in [0.1, 0.15) is 18.9 Å². The third-order valence-corrected chi connectivity index (χ3v) is 4.91. The van der Waals surface area contributed by atoms with Crippen LogP contribution >= 0.6 is 0 Å². The molecule has 2 unspecified atom stereocenters. The normalized spacial score (nSPS) is 18.6. The molecule has 2 atom stereocenters. The van der Waals surface area contributed by atoms with E-state index in [0.29, 0.717) is 18.0 Å². The molecule has 0 radical (unpaired) electrons. The van der Waals surface area contributed by atoms with Crippen LogP contribution in [0.5, 0.6) is 0 Å². The van der Waals surface area contributed by atoms with E-state index >= 15 is 0 Å². The number of amides is 1. The SMILES string of the molecule is COC(CC(C)OC(=O)NC1C=CC=C(CO/N=C(\C2=NNNN2C)c2ccccc2)N1)OC. The minimum atomic E-state index is -0.561. The Kier molecular flexibility index (Phi) is 9.26. The molecule has 0 spiro atoms. The van der Waals surface area contributed by atoms with Crippen LogP contribution in [0.2, 0.25) is 0 Å². The lowest BCUT2D eigenvalue weighted by Crippen LogP contribution is -2.46. The molecule has 3 rings (SSSR count). The van der Waals surface area contributed by atoms with E-state index in [1.807, 2.05) is 49.5 Å². The molecule has 1 aromatic carbocycles. The van der Waals surface area contributed by atoms with Gasteiger partial charge in [-0.2, -0.15) is 0 Å². The summed E-state index contributed by atoms with van der Waals surface area (Å²) in [6.45, 7) is 1.93. The Balaban J connectivity index is 1.52. The number of hydrazine groups is 2. The quantitative estimate of drug-likeness (QED) is 0.213. The van der Waals surface area contributed by atoms with E-state index in [2.05, 4.69) is 32.0 Å². The number of dihydropyridines is 1. The van der Waals surface area contributed by atoms with Gasteiger partial charge in [-0.05, 0) is 19.1 Å². The van der Waals surface area contributed by atoms with Gasteiger partial charge in [-0.3, -0.25) is 10.3 Å². The number of hydrazone groups is 1. The third-order valence-electron chi connectivity index (χ3n) is 4.91. The largest absolute Gasteiger partial charge is 0.446 e. The van der Waals surface area contributed by atoms with Crippen LogP contribution in [0, 0.1) is 0 Å². The Morgan fingerprint density at radius 1 is 1.26 bits per heavy atom. The molecule has 0 aliphatic carbocycles. The number of hydrogen-bond donors (Lipinski definition) is 4. The van der Waals surface area contributed by atoms with Gasteiger partial charge in [0.25, 0.3) is 0 Å². The van der Waals surface area contributed by atoms with E-state index in [0.717, 1.165) is 11.3 Å². The first-order chi connectivity index (χ1) is 16.5. The lowest BCUT2D eigenvalue weighted by molar-refractivity contribution is -0.121. The summed E-state index contributed by atoms with van der Waals surface area (Å²) in [7, 11) is 4.88. The number of alkyl carbamates (subject to hydrolysis) is 1. The molecule has 12 heteroatoms. The molecule has 12 nitrogen and oxygen atoms in total. The molecular formula is C22H31N7O5.